The van der Waals surface area contributed by atoms with Crippen molar-refractivity contribution in [1.29, 1.82) is 0 Å². The van der Waals surface area contributed by atoms with Crippen molar-refractivity contribution >= 4 is 17.5 Å². The quantitative estimate of drug-likeness (QED) is 0.769. The van der Waals surface area contributed by atoms with Crippen LogP contribution in [0.5, 0.6) is 5.75 Å². The number of carbonyl (C=O) groups excluding carboxylic acids is 2. The molecule has 0 bridgehead atoms. The van der Waals surface area contributed by atoms with Crippen LogP contribution in [0.3, 0.4) is 0 Å². The molecule has 0 spiro atoms. The van der Waals surface area contributed by atoms with E-state index in [0.29, 0.717) is 29.6 Å². The van der Waals surface area contributed by atoms with Gasteiger partial charge in [0, 0.05) is 36.7 Å². The zero-order chi connectivity index (χ0) is 17.1. The number of hydrogen-bond donors (Lipinski definition) is 3. The zero-order valence-electron chi connectivity index (χ0n) is 14.3. The molecule has 1 aromatic rings. The molecule has 6 nitrogen and oxygen atoms in total. The second-order valence-electron chi connectivity index (χ2n) is 6.48. The smallest absolute Gasteiger partial charge is 0.255 e. The Morgan fingerprint density at radius 3 is 2.92 bits per heavy atom. The summed E-state index contributed by atoms with van der Waals surface area (Å²) in [5.41, 5.74) is 2.12. The molecule has 2 atom stereocenters. The predicted octanol–water partition coefficient (Wildman–Crippen LogP) is 1.84. The summed E-state index contributed by atoms with van der Waals surface area (Å²) in [6.45, 7) is 5.12. The van der Waals surface area contributed by atoms with Crippen molar-refractivity contribution < 1.29 is 14.3 Å². The highest BCUT2D eigenvalue weighted by atomic mass is 16.5. The number of carbonyl (C=O) groups is 2. The van der Waals surface area contributed by atoms with Crippen molar-refractivity contribution in [2.45, 2.75) is 51.6 Å². The predicted molar refractivity (Wildman–Crippen MR) is 92.5 cm³/mol. The van der Waals surface area contributed by atoms with Gasteiger partial charge in [-0.05, 0) is 37.9 Å². The lowest BCUT2D eigenvalue weighted by Gasteiger charge is -2.24. The Hall–Kier alpha value is -2.08. The van der Waals surface area contributed by atoms with Crippen molar-refractivity contribution in [3.05, 3.63) is 23.3 Å². The average Bonchev–Trinajstić information content (AvgIpc) is 3.22. The van der Waals surface area contributed by atoms with Gasteiger partial charge in [-0.1, -0.05) is 6.92 Å². The summed E-state index contributed by atoms with van der Waals surface area (Å²) in [6, 6.07) is 4.01. The highest BCUT2D eigenvalue weighted by Gasteiger charge is 2.28. The Bertz CT molecular complexity index is 639. The molecule has 3 rings (SSSR count). The number of nitrogens with one attached hydrogen (secondary N) is 3. The van der Waals surface area contributed by atoms with Crippen molar-refractivity contribution in [2.24, 2.45) is 0 Å². The van der Waals surface area contributed by atoms with Crippen molar-refractivity contribution in [3.8, 4) is 5.75 Å². The third kappa shape index (κ3) is 3.53. The second kappa shape index (κ2) is 7.21. The number of amides is 2. The lowest BCUT2D eigenvalue weighted by molar-refractivity contribution is -0.114. The first-order valence-electron chi connectivity index (χ1n) is 8.70. The maximum atomic E-state index is 12.8. The van der Waals surface area contributed by atoms with E-state index in [1.807, 2.05) is 6.07 Å². The first kappa shape index (κ1) is 16.8. The molecule has 0 aromatic heterocycles. The maximum absolute atomic E-state index is 12.8. The molecule has 0 aliphatic carbocycles. The molecule has 24 heavy (non-hydrogen) atoms. The van der Waals surface area contributed by atoms with E-state index in [1.54, 1.807) is 6.07 Å². The largest absolute Gasteiger partial charge is 0.492 e. The fourth-order valence-corrected chi connectivity index (χ4v) is 3.54. The molecule has 2 amide bonds. The molecule has 1 fully saturated rings. The normalized spacial score (nSPS) is 20.2. The van der Waals surface area contributed by atoms with Gasteiger partial charge in [0.05, 0.1) is 12.2 Å². The highest BCUT2D eigenvalue weighted by molar-refractivity contribution is 6.00. The fraction of sp³-hybridized carbons (Fsp3) is 0.556. The Morgan fingerprint density at radius 2 is 2.25 bits per heavy atom. The van der Waals surface area contributed by atoms with Gasteiger partial charge in [-0.3, -0.25) is 9.59 Å². The number of hydrogen-bond acceptors (Lipinski definition) is 4. The molecule has 0 saturated carbocycles. The molecule has 130 valence electrons. The van der Waals surface area contributed by atoms with Gasteiger partial charge in [-0.25, -0.2) is 0 Å². The van der Waals surface area contributed by atoms with Crippen LogP contribution < -0.4 is 20.7 Å². The van der Waals surface area contributed by atoms with E-state index in [1.165, 1.54) is 6.92 Å². The number of fused-ring (bicyclic) bond motifs is 1. The van der Waals surface area contributed by atoms with Crippen LogP contribution >= 0.6 is 0 Å². The highest BCUT2D eigenvalue weighted by Crippen LogP contribution is 2.33. The fourth-order valence-electron chi connectivity index (χ4n) is 3.54. The number of anilines is 1. The Labute approximate surface area is 142 Å². The molecule has 2 unspecified atom stereocenters. The lowest BCUT2D eigenvalue weighted by Crippen LogP contribution is -2.47. The van der Waals surface area contributed by atoms with Crippen molar-refractivity contribution in [3.63, 3.8) is 0 Å². The minimum absolute atomic E-state index is 0.0986. The number of rotatable bonds is 5. The Kier molecular flexibility index (Phi) is 5.04. The third-order valence-corrected chi connectivity index (χ3v) is 4.69. The first-order chi connectivity index (χ1) is 11.6. The standard InChI is InChI=1S/C18H25N3O3/c1-3-15(16-5-4-7-19-16)21-18(23)14-10-13(20-11(2)22)9-12-6-8-24-17(12)14/h9-10,15-16,19H,3-8H2,1-2H3,(H,20,22)(H,21,23). The van der Waals surface area contributed by atoms with Gasteiger partial charge in [-0.2, -0.15) is 0 Å². The van der Waals surface area contributed by atoms with Gasteiger partial charge in [0.1, 0.15) is 5.75 Å². The summed E-state index contributed by atoms with van der Waals surface area (Å²) in [5, 5.41) is 9.36. The van der Waals surface area contributed by atoms with E-state index in [4.69, 9.17) is 4.74 Å². The van der Waals surface area contributed by atoms with Gasteiger partial charge in [0.2, 0.25) is 5.91 Å². The first-order valence-corrected chi connectivity index (χ1v) is 8.70. The van der Waals surface area contributed by atoms with Crippen LogP contribution in [0.25, 0.3) is 0 Å². The monoisotopic (exact) mass is 331 g/mol. The summed E-state index contributed by atoms with van der Waals surface area (Å²) in [4.78, 5) is 24.2. The van der Waals surface area contributed by atoms with E-state index in [2.05, 4.69) is 22.9 Å². The van der Waals surface area contributed by atoms with E-state index >= 15 is 0 Å². The van der Waals surface area contributed by atoms with Crippen molar-refractivity contribution in [2.75, 3.05) is 18.5 Å². The van der Waals surface area contributed by atoms with E-state index < -0.39 is 0 Å². The van der Waals surface area contributed by atoms with Gasteiger partial charge >= 0.3 is 0 Å². The molecular weight excluding hydrogens is 306 g/mol. The zero-order valence-corrected chi connectivity index (χ0v) is 14.3. The van der Waals surface area contributed by atoms with E-state index in [0.717, 1.165) is 37.8 Å². The molecular formula is C18H25N3O3. The van der Waals surface area contributed by atoms with Crippen LogP contribution in [-0.2, 0) is 11.2 Å². The maximum Gasteiger partial charge on any atom is 0.255 e. The minimum atomic E-state index is -0.151. The Balaban J connectivity index is 1.82. The summed E-state index contributed by atoms with van der Waals surface area (Å²) in [7, 11) is 0. The van der Waals surface area contributed by atoms with Gasteiger partial charge in [-0.15, -0.1) is 0 Å². The SMILES string of the molecule is CCC(NC(=O)c1cc(NC(C)=O)cc2c1OCC2)C1CCCN1. The van der Waals surface area contributed by atoms with Gasteiger partial charge in [0.15, 0.2) is 0 Å². The summed E-state index contributed by atoms with van der Waals surface area (Å²) < 4.78 is 5.66. The summed E-state index contributed by atoms with van der Waals surface area (Å²) >= 11 is 0. The van der Waals surface area contributed by atoms with Crippen LogP contribution in [0.2, 0.25) is 0 Å². The van der Waals surface area contributed by atoms with Crippen molar-refractivity contribution in [1.82, 2.24) is 10.6 Å². The molecule has 1 aromatic carbocycles. The molecule has 0 radical (unpaired) electrons. The van der Waals surface area contributed by atoms with Crippen LogP contribution in [0.15, 0.2) is 12.1 Å². The van der Waals surface area contributed by atoms with Gasteiger partial charge in [0.25, 0.3) is 5.91 Å². The Morgan fingerprint density at radius 1 is 1.42 bits per heavy atom. The average molecular weight is 331 g/mol. The molecule has 2 heterocycles. The summed E-state index contributed by atoms with van der Waals surface area (Å²) in [5.74, 6) is 0.360. The van der Waals surface area contributed by atoms with Crippen LogP contribution in [0, 0.1) is 0 Å². The number of ether oxygens (including phenoxy) is 1. The van der Waals surface area contributed by atoms with Gasteiger partial charge < -0.3 is 20.7 Å². The minimum Gasteiger partial charge on any atom is -0.492 e. The third-order valence-electron chi connectivity index (χ3n) is 4.69. The molecule has 2 aliphatic heterocycles. The second-order valence-corrected chi connectivity index (χ2v) is 6.48. The molecule has 2 aliphatic rings. The summed E-state index contributed by atoms with van der Waals surface area (Å²) in [6.07, 6.45) is 3.86. The lowest BCUT2D eigenvalue weighted by atomic mass is 10.0. The van der Waals surface area contributed by atoms with E-state index in [-0.39, 0.29) is 17.9 Å². The van der Waals surface area contributed by atoms with Crippen LogP contribution in [0.1, 0.15) is 49.0 Å². The van der Waals surface area contributed by atoms with Crippen LogP contribution in [-0.4, -0.2) is 37.0 Å². The van der Waals surface area contributed by atoms with E-state index in [9.17, 15) is 9.59 Å². The molecule has 3 N–H and O–H groups in total. The van der Waals surface area contributed by atoms with Crippen LogP contribution in [0.4, 0.5) is 5.69 Å². The topological polar surface area (TPSA) is 79.5 Å². The molecule has 1 saturated heterocycles. The number of benzene rings is 1. The molecule has 6 heteroatoms.